The number of benzene rings is 9. The average molecular weight is 843 g/mol. The minimum Gasteiger partial charge on any atom is -0.308 e. The van der Waals surface area contributed by atoms with Crippen molar-refractivity contribution in [1.82, 2.24) is 14.1 Å². The van der Waals surface area contributed by atoms with Crippen molar-refractivity contribution in [2.45, 2.75) is 13.8 Å². The minimum absolute atomic E-state index is 0.573. The number of pyridine rings is 1. The van der Waals surface area contributed by atoms with Gasteiger partial charge in [-0.3, -0.25) is 4.98 Å². The van der Waals surface area contributed by atoms with Gasteiger partial charge in [-0.25, -0.2) is 0 Å². The molecule has 0 spiro atoms. The summed E-state index contributed by atoms with van der Waals surface area (Å²) in [6, 6.07) is 80.8. The molecule has 0 fully saturated rings. The van der Waals surface area contributed by atoms with Crippen molar-refractivity contribution in [2.75, 3.05) is 0 Å². The summed E-state index contributed by atoms with van der Waals surface area (Å²) in [5.74, 6) is 0. The predicted molar refractivity (Wildman–Crippen MR) is 274 cm³/mol. The molecule has 0 bridgehead atoms. The van der Waals surface area contributed by atoms with Crippen LogP contribution >= 0.6 is 0 Å². The maximum atomic E-state index is 11.9. The summed E-state index contributed by atoms with van der Waals surface area (Å²) in [5.41, 5.74) is 19.2. The normalized spacial score (nSPS) is 11.5. The van der Waals surface area contributed by atoms with Gasteiger partial charge in [-0.2, -0.15) is 5.26 Å². The fraction of sp³-hybridized carbons (Fsp3) is 0.0323. The highest BCUT2D eigenvalue weighted by Gasteiger charge is 2.24. The van der Waals surface area contributed by atoms with Crippen LogP contribution in [0.5, 0.6) is 0 Å². The Hall–Kier alpha value is -8.78. The third-order valence-electron chi connectivity index (χ3n) is 13.1. The molecule has 9 aromatic carbocycles. The van der Waals surface area contributed by atoms with Gasteiger partial charge < -0.3 is 9.13 Å². The quantitative estimate of drug-likeness (QED) is 0.160. The minimum atomic E-state index is 0.573. The number of rotatable bonds is 7. The lowest BCUT2D eigenvalue weighted by Crippen LogP contribution is -2.06. The van der Waals surface area contributed by atoms with E-state index in [1.54, 1.807) is 0 Å². The first kappa shape index (κ1) is 38.9. The maximum Gasteiger partial charge on any atom is 0.104 e. The van der Waals surface area contributed by atoms with Crippen LogP contribution in [0.4, 0.5) is 0 Å². The molecule has 0 unspecified atom stereocenters. The Labute approximate surface area is 383 Å². The average Bonchev–Trinajstić information content (AvgIpc) is 3.87. The van der Waals surface area contributed by atoms with E-state index in [2.05, 4.69) is 234 Å². The van der Waals surface area contributed by atoms with Gasteiger partial charge >= 0.3 is 0 Å². The predicted octanol–water partition coefficient (Wildman–Crippen LogP) is 16.1. The molecular formula is C62H42N4. The first-order valence-electron chi connectivity index (χ1n) is 22.4. The van der Waals surface area contributed by atoms with Crippen LogP contribution in [-0.2, 0) is 0 Å². The molecule has 3 aromatic heterocycles. The molecule has 4 nitrogen and oxygen atoms in total. The van der Waals surface area contributed by atoms with E-state index in [-0.39, 0.29) is 0 Å². The van der Waals surface area contributed by atoms with E-state index < -0.39 is 0 Å². The zero-order valence-corrected chi connectivity index (χ0v) is 36.6. The number of hydrogen-bond donors (Lipinski definition) is 0. The molecule has 310 valence electrons. The van der Waals surface area contributed by atoms with E-state index in [1.807, 2.05) is 13.8 Å². The summed E-state index contributed by atoms with van der Waals surface area (Å²) in [6.07, 6.45) is 0. The topological polar surface area (TPSA) is 46.5 Å². The molecule has 0 aliphatic rings. The van der Waals surface area contributed by atoms with E-state index >= 15 is 0 Å². The maximum absolute atomic E-state index is 11.9. The third kappa shape index (κ3) is 6.57. The van der Waals surface area contributed by atoms with E-state index in [1.165, 1.54) is 0 Å². The van der Waals surface area contributed by atoms with Gasteiger partial charge in [0.25, 0.3) is 0 Å². The zero-order valence-electron chi connectivity index (χ0n) is 36.6. The number of fused-ring (bicyclic) bond motifs is 6. The number of nitriles is 1. The summed E-state index contributed by atoms with van der Waals surface area (Å²) in [4.78, 5) is 4.79. The van der Waals surface area contributed by atoms with Crippen LogP contribution in [0.3, 0.4) is 0 Å². The second-order valence-corrected chi connectivity index (χ2v) is 17.2. The van der Waals surface area contributed by atoms with Gasteiger partial charge in [-0.15, -0.1) is 0 Å². The van der Waals surface area contributed by atoms with Crippen molar-refractivity contribution in [3.05, 3.63) is 235 Å². The smallest absolute Gasteiger partial charge is 0.104 e. The molecule has 0 saturated carbocycles. The molecule has 0 radical (unpaired) electrons. The molecule has 0 N–H and O–H groups in total. The molecular weight excluding hydrogens is 801 g/mol. The van der Waals surface area contributed by atoms with Crippen LogP contribution in [0, 0.1) is 25.2 Å². The molecule has 4 heteroatoms. The summed E-state index contributed by atoms with van der Waals surface area (Å²) in [6.45, 7) is 4.10. The summed E-state index contributed by atoms with van der Waals surface area (Å²) >= 11 is 0. The second-order valence-electron chi connectivity index (χ2n) is 17.2. The Morgan fingerprint density at radius 1 is 0.318 bits per heavy atom. The molecule has 0 saturated heterocycles. The lowest BCUT2D eigenvalue weighted by atomic mass is 9.99. The Kier molecular flexibility index (Phi) is 9.29. The van der Waals surface area contributed by atoms with Crippen molar-refractivity contribution in [3.8, 4) is 73.1 Å². The molecule has 12 rings (SSSR count). The zero-order chi connectivity index (χ0) is 44.3. The fourth-order valence-electron chi connectivity index (χ4n) is 10.0. The third-order valence-corrected chi connectivity index (χ3v) is 13.1. The number of nitrogens with zero attached hydrogens (tertiary/aromatic N) is 4. The van der Waals surface area contributed by atoms with Gasteiger partial charge in [0.2, 0.25) is 0 Å². The van der Waals surface area contributed by atoms with Crippen LogP contribution in [0.15, 0.2) is 218 Å². The van der Waals surface area contributed by atoms with Crippen LogP contribution in [-0.4, -0.2) is 14.1 Å². The Balaban J connectivity index is 1.24. The standard InChI is InChI=1S/C62H42N4/c1-40-31-50(32-41(2)64-40)51-37-61(65-57-33-46(42-15-7-3-8-16-42)23-27-52(57)53-28-24-47(34-58(53)65)43-17-9-4-10-18-43)56(39-63)62(38-51)66-59-35-48(44-19-11-5-12-20-44)25-29-54(59)55-30-26-49(36-60(55)66)45-21-13-6-14-22-45/h3-38H,1-2H3. The van der Waals surface area contributed by atoms with Gasteiger partial charge in [0.05, 0.1) is 33.4 Å². The summed E-state index contributed by atoms with van der Waals surface area (Å²) in [7, 11) is 0. The number of hydrogen-bond acceptors (Lipinski definition) is 2. The molecule has 0 aliphatic heterocycles. The van der Waals surface area contributed by atoms with Crippen molar-refractivity contribution in [2.24, 2.45) is 0 Å². The monoisotopic (exact) mass is 842 g/mol. The highest BCUT2D eigenvalue weighted by atomic mass is 15.0. The molecule has 3 heterocycles. The summed E-state index contributed by atoms with van der Waals surface area (Å²) in [5, 5.41) is 16.4. The highest BCUT2D eigenvalue weighted by Crippen LogP contribution is 2.43. The van der Waals surface area contributed by atoms with Crippen LogP contribution in [0.25, 0.3) is 111 Å². The number of aromatic nitrogens is 3. The second kappa shape index (κ2) is 15.8. The van der Waals surface area contributed by atoms with E-state index in [4.69, 9.17) is 4.98 Å². The lowest BCUT2D eigenvalue weighted by Gasteiger charge is -2.19. The van der Waals surface area contributed by atoms with Gasteiger partial charge in [-0.1, -0.05) is 170 Å². The largest absolute Gasteiger partial charge is 0.308 e. The SMILES string of the molecule is Cc1cc(-c2cc(-n3c4cc(-c5ccccc5)ccc4c4ccc(-c5ccccc5)cc43)c(C#N)c(-n3c4cc(-c5ccccc5)ccc4c4ccc(-c5ccccc5)cc43)c2)cc(C)n1. The highest BCUT2D eigenvalue weighted by molar-refractivity contribution is 6.13. The number of aryl methyl sites for hydroxylation is 2. The lowest BCUT2D eigenvalue weighted by molar-refractivity contribution is 1.11. The first-order chi connectivity index (χ1) is 32.5. The van der Waals surface area contributed by atoms with E-state index in [0.717, 1.165) is 122 Å². The molecule has 0 atom stereocenters. The van der Waals surface area contributed by atoms with E-state index in [9.17, 15) is 5.26 Å². The van der Waals surface area contributed by atoms with Gasteiger partial charge in [0.15, 0.2) is 0 Å². The van der Waals surface area contributed by atoms with Gasteiger partial charge in [0.1, 0.15) is 11.6 Å². The van der Waals surface area contributed by atoms with Crippen molar-refractivity contribution >= 4 is 43.6 Å². The van der Waals surface area contributed by atoms with Crippen LogP contribution in [0.2, 0.25) is 0 Å². The van der Waals surface area contributed by atoms with Crippen LogP contribution < -0.4 is 0 Å². The molecule has 0 aliphatic carbocycles. The molecule has 66 heavy (non-hydrogen) atoms. The van der Waals surface area contributed by atoms with Crippen molar-refractivity contribution < 1.29 is 0 Å². The first-order valence-corrected chi connectivity index (χ1v) is 22.4. The summed E-state index contributed by atoms with van der Waals surface area (Å²) < 4.78 is 4.68. The van der Waals surface area contributed by atoms with Crippen molar-refractivity contribution in [3.63, 3.8) is 0 Å². The Morgan fingerprint density at radius 3 is 0.894 bits per heavy atom. The fourth-order valence-corrected chi connectivity index (χ4v) is 10.0. The van der Waals surface area contributed by atoms with E-state index in [0.29, 0.717) is 5.56 Å². The van der Waals surface area contributed by atoms with Gasteiger partial charge in [-0.05, 0) is 118 Å². The Bertz CT molecular complexity index is 3440. The van der Waals surface area contributed by atoms with Crippen molar-refractivity contribution in [1.29, 1.82) is 5.26 Å². The van der Waals surface area contributed by atoms with Crippen LogP contribution in [0.1, 0.15) is 17.0 Å². The Morgan fingerprint density at radius 2 is 0.606 bits per heavy atom. The molecule has 12 aromatic rings. The molecule has 0 amide bonds. The van der Waals surface area contributed by atoms with Gasteiger partial charge in [0, 0.05) is 32.9 Å².